The summed E-state index contributed by atoms with van der Waals surface area (Å²) in [6, 6.07) is 12.3. The van der Waals surface area contributed by atoms with Crippen LogP contribution in [0.25, 0.3) is 0 Å². The Morgan fingerprint density at radius 1 is 1.16 bits per heavy atom. The molecule has 0 unspecified atom stereocenters. The van der Waals surface area contributed by atoms with Crippen LogP contribution in [0.1, 0.15) is 25.1 Å². The standard InChI is InChI=1S/C22H24F3N3O4/c1-21(2)31-16-12-28(20(29)30-13-14-7-4-3-5-8-14)11-15(19(16)32-21)26-18-10-6-9-17(27-18)22(23,24)25/h3-10,15-16,19H,11-13H2,1-2H3,(H,26,27)/t15-,16-,19+/m0/s1. The molecule has 32 heavy (non-hydrogen) atoms. The van der Waals surface area contributed by atoms with Crippen LogP contribution in [-0.4, -0.2) is 53.1 Å². The Balaban J connectivity index is 1.49. The fourth-order valence-corrected chi connectivity index (χ4v) is 3.93. The molecule has 4 rings (SSSR count). The summed E-state index contributed by atoms with van der Waals surface area (Å²) >= 11 is 0. The van der Waals surface area contributed by atoms with Crippen molar-refractivity contribution in [3.8, 4) is 0 Å². The third-order valence-corrected chi connectivity index (χ3v) is 5.27. The number of amides is 1. The predicted octanol–water partition coefficient (Wildman–Crippen LogP) is 4.05. The Hall–Kier alpha value is -2.85. The van der Waals surface area contributed by atoms with E-state index in [-0.39, 0.29) is 25.5 Å². The number of hydrogen-bond acceptors (Lipinski definition) is 6. The number of halogens is 3. The van der Waals surface area contributed by atoms with E-state index in [0.717, 1.165) is 11.6 Å². The van der Waals surface area contributed by atoms with Gasteiger partial charge in [-0.1, -0.05) is 36.4 Å². The van der Waals surface area contributed by atoms with E-state index >= 15 is 0 Å². The molecule has 3 heterocycles. The van der Waals surface area contributed by atoms with Crippen LogP contribution in [0.3, 0.4) is 0 Å². The topological polar surface area (TPSA) is 72.9 Å². The lowest BCUT2D eigenvalue weighted by molar-refractivity contribution is -0.145. The number of carbonyl (C=O) groups is 1. The first-order valence-electron chi connectivity index (χ1n) is 10.2. The van der Waals surface area contributed by atoms with Gasteiger partial charge in [-0.05, 0) is 31.5 Å². The highest BCUT2D eigenvalue weighted by atomic mass is 19.4. The summed E-state index contributed by atoms with van der Waals surface area (Å²) in [5, 5.41) is 3.00. The van der Waals surface area contributed by atoms with E-state index in [4.69, 9.17) is 14.2 Å². The van der Waals surface area contributed by atoms with Gasteiger partial charge in [-0.2, -0.15) is 13.2 Å². The minimum absolute atomic E-state index is 0.0383. The van der Waals surface area contributed by atoms with E-state index in [1.165, 1.54) is 17.0 Å². The quantitative estimate of drug-likeness (QED) is 0.756. The molecule has 0 spiro atoms. The Morgan fingerprint density at radius 2 is 1.91 bits per heavy atom. The SMILES string of the molecule is CC1(C)O[C@@H]2[C@@H](Nc3cccc(C(F)(F)F)n3)CN(C(=O)OCc3ccccc3)C[C@@H]2O1. The van der Waals surface area contributed by atoms with E-state index in [9.17, 15) is 18.0 Å². The number of pyridine rings is 1. The third kappa shape index (κ3) is 5.13. The summed E-state index contributed by atoms with van der Waals surface area (Å²) in [5.74, 6) is -0.850. The molecule has 10 heteroatoms. The number of ether oxygens (including phenoxy) is 3. The molecule has 1 aromatic carbocycles. The number of alkyl halides is 3. The van der Waals surface area contributed by atoms with Crippen molar-refractivity contribution in [1.82, 2.24) is 9.88 Å². The summed E-state index contributed by atoms with van der Waals surface area (Å²) in [7, 11) is 0. The zero-order valence-electron chi connectivity index (χ0n) is 17.6. The van der Waals surface area contributed by atoms with Crippen molar-refractivity contribution in [2.45, 2.75) is 50.7 Å². The lowest BCUT2D eigenvalue weighted by Crippen LogP contribution is -2.58. The van der Waals surface area contributed by atoms with Crippen LogP contribution in [0.5, 0.6) is 0 Å². The number of anilines is 1. The zero-order chi connectivity index (χ0) is 22.9. The summed E-state index contributed by atoms with van der Waals surface area (Å²) in [4.78, 5) is 17.9. The molecule has 2 aromatic rings. The monoisotopic (exact) mass is 451 g/mol. The van der Waals surface area contributed by atoms with E-state index < -0.39 is 42.0 Å². The van der Waals surface area contributed by atoms with E-state index in [0.29, 0.717) is 0 Å². The van der Waals surface area contributed by atoms with Gasteiger partial charge in [0.2, 0.25) is 0 Å². The fraction of sp³-hybridized carbons (Fsp3) is 0.455. The van der Waals surface area contributed by atoms with Crippen LogP contribution in [0, 0.1) is 0 Å². The van der Waals surface area contributed by atoms with Crippen LogP contribution in [0.15, 0.2) is 48.5 Å². The molecule has 0 aliphatic carbocycles. The highest BCUT2D eigenvalue weighted by Gasteiger charge is 2.50. The van der Waals surface area contributed by atoms with E-state index in [1.807, 2.05) is 30.3 Å². The van der Waals surface area contributed by atoms with Gasteiger partial charge >= 0.3 is 12.3 Å². The maximum Gasteiger partial charge on any atom is 0.433 e. The molecule has 2 fully saturated rings. The molecule has 0 radical (unpaired) electrons. The van der Waals surface area contributed by atoms with Crippen molar-refractivity contribution in [1.29, 1.82) is 0 Å². The van der Waals surface area contributed by atoms with Gasteiger partial charge in [-0.25, -0.2) is 9.78 Å². The Morgan fingerprint density at radius 3 is 2.62 bits per heavy atom. The van der Waals surface area contributed by atoms with Crippen molar-refractivity contribution in [2.24, 2.45) is 0 Å². The first kappa shape index (κ1) is 22.3. The first-order valence-corrected chi connectivity index (χ1v) is 10.2. The lowest BCUT2D eigenvalue weighted by atomic mass is 10.00. The maximum absolute atomic E-state index is 13.1. The molecule has 7 nitrogen and oxygen atoms in total. The number of nitrogens with one attached hydrogen (secondary N) is 1. The average molecular weight is 451 g/mol. The lowest BCUT2D eigenvalue weighted by Gasteiger charge is -2.38. The molecule has 2 aliphatic heterocycles. The summed E-state index contributed by atoms with van der Waals surface area (Å²) in [6.07, 6.45) is -6.04. The average Bonchev–Trinajstić information content (AvgIpc) is 3.06. The van der Waals surface area contributed by atoms with Gasteiger partial charge in [0, 0.05) is 6.54 Å². The highest BCUT2D eigenvalue weighted by Crippen LogP contribution is 2.35. The highest BCUT2D eigenvalue weighted by molar-refractivity contribution is 5.68. The number of likely N-dealkylation sites (tertiary alicyclic amines) is 1. The van der Waals surface area contributed by atoms with E-state index in [1.54, 1.807) is 13.8 Å². The van der Waals surface area contributed by atoms with Crippen LogP contribution in [0.2, 0.25) is 0 Å². The molecular weight excluding hydrogens is 427 g/mol. The van der Waals surface area contributed by atoms with Gasteiger partial charge in [0.15, 0.2) is 5.79 Å². The molecule has 172 valence electrons. The van der Waals surface area contributed by atoms with Gasteiger partial charge in [-0.15, -0.1) is 0 Å². The number of benzene rings is 1. The molecule has 0 saturated carbocycles. The largest absolute Gasteiger partial charge is 0.445 e. The molecule has 1 N–H and O–H groups in total. The molecule has 2 saturated heterocycles. The van der Waals surface area contributed by atoms with Crippen LogP contribution in [-0.2, 0) is 27.0 Å². The molecule has 3 atom stereocenters. The fourth-order valence-electron chi connectivity index (χ4n) is 3.93. The molecule has 1 aromatic heterocycles. The number of fused-ring (bicyclic) bond motifs is 1. The molecule has 1 amide bonds. The van der Waals surface area contributed by atoms with Crippen LogP contribution >= 0.6 is 0 Å². The normalized spacial score (nSPS) is 24.7. The third-order valence-electron chi connectivity index (χ3n) is 5.27. The smallest absolute Gasteiger partial charge is 0.433 e. The number of aromatic nitrogens is 1. The molecular formula is C22H24F3N3O4. The van der Waals surface area contributed by atoms with E-state index in [2.05, 4.69) is 10.3 Å². The molecule has 0 bridgehead atoms. The maximum atomic E-state index is 13.1. The Bertz CT molecular complexity index is 955. The summed E-state index contributed by atoms with van der Waals surface area (Å²) < 4.78 is 56.5. The van der Waals surface area contributed by atoms with Crippen LogP contribution in [0.4, 0.5) is 23.8 Å². The van der Waals surface area contributed by atoms with Crippen LogP contribution < -0.4 is 5.32 Å². The summed E-state index contributed by atoms with van der Waals surface area (Å²) in [6.45, 7) is 4.02. The van der Waals surface area contributed by atoms with Crippen molar-refractivity contribution in [3.63, 3.8) is 0 Å². The van der Waals surface area contributed by atoms with Gasteiger partial charge in [0.1, 0.15) is 30.3 Å². The second-order valence-corrected chi connectivity index (χ2v) is 8.24. The number of nitrogens with zero attached hydrogens (tertiary/aromatic N) is 2. The van der Waals surface area contributed by atoms with Crippen molar-refractivity contribution in [3.05, 3.63) is 59.8 Å². The minimum atomic E-state index is -4.56. The Labute approximate surface area is 183 Å². The van der Waals surface area contributed by atoms with Gasteiger partial charge < -0.3 is 24.4 Å². The zero-order valence-corrected chi connectivity index (χ0v) is 17.6. The van der Waals surface area contributed by atoms with Crippen molar-refractivity contribution >= 4 is 11.9 Å². The van der Waals surface area contributed by atoms with Gasteiger partial charge in [0.25, 0.3) is 0 Å². The second-order valence-electron chi connectivity index (χ2n) is 8.24. The molecule has 2 aliphatic rings. The first-order chi connectivity index (χ1) is 15.1. The second kappa shape index (κ2) is 8.59. The van der Waals surface area contributed by atoms with Crippen molar-refractivity contribution < 1.29 is 32.2 Å². The Kier molecular flexibility index (Phi) is 6.00. The van der Waals surface area contributed by atoms with Gasteiger partial charge in [0.05, 0.1) is 12.6 Å². The predicted molar refractivity (Wildman–Crippen MR) is 109 cm³/mol. The number of hydrogen-bond donors (Lipinski definition) is 1. The number of piperidine rings is 1. The van der Waals surface area contributed by atoms with Gasteiger partial charge in [-0.3, -0.25) is 0 Å². The van der Waals surface area contributed by atoms with Crippen molar-refractivity contribution in [2.75, 3.05) is 18.4 Å². The minimum Gasteiger partial charge on any atom is -0.445 e. The number of carbonyl (C=O) groups excluding carboxylic acids is 1. The number of rotatable bonds is 4. The summed E-state index contributed by atoms with van der Waals surface area (Å²) in [5.41, 5.74) is -0.155.